The van der Waals surface area contributed by atoms with Crippen molar-refractivity contribution in [2.45, 2.75) is 195 Å². The maximum absolute atomic E-state index is 14.0. The Labute approximate surface area is 535 Å². The lowest BCUT2D eigenvalue weighted by atomic mass is 9.82. The summed E-state index contributed by atoms with van der Waals surface area (Å²) in [4.78, 5) is 69.8. The lowest BCUT2D eigenvalue weighted by molar-refractivity contribution is -0.307. The van der Waals surface area contributed by atoms with E-state index >= 15 is 0 Å². The SMILES string of the molecule is CNc1ccc(C(=O)CC(O)CC[C@H](C)C2OC(=O)C[C@H](O)CC(=O)C[C@H](O)C[C@H](O)C[C@H](O)C[C@H](O)C[C@]3(O)C[C@H](O)[C@@H](C(=O)NCCN(C)C)[C@H](C[C@@H](O[C@@H]4O[C@H](C)[C@@H](O)[C@H](NC(=O)CN(C)C)[C@@H]4O)/C=C/C=C/C=C/C=C\C=C/C=C/C=C/C2C)O3)cc1. The van der Waals surface area contributed by atoms with Crippen molar-refractivity contribution in [2.24, 2.45) is 17.8 Å². The van der Waals surface area contributed by atoms with Gasteiger partial charge in [0.15, 0.2) is 17.9 Å². The number of fused-ring (bicyclic) bond motifs is 2. The van der Waals surface area contributed by atoms with Crippen molar-refractivity contribution < 1.29 is 94.0 Å². The first kappa shape index (κ1) is 77.8. The van der Waals surface area contributed by atoms with Crippen LogP contribution in [0.3, 0.4) is 0 Å². The van der Waals surface area contributed by atoms with Gasteiger partial charge < -0.3 is 95.8 Å². The average Bonchev–Trinajstić information content (AvgIpc) is 0.818. The highest BCUT2D eigenvalue weighted by Crippen LogP contribution is 2.38. The number of ketones is 2. The van der Waals surface area contributed by atoms with Crippen LogP contribution in [0, 0.1) is 17.8 Å². The van der Waals surface area contributed by atoms with Crippen molar-refractivity contribution in [1.82, 2.24) is 20.4 Å². The Morgan fingerprint density at radius 2 is 1.27 bits per heavy atom. The van der Waals surface area contributed by atoms with E-state index in [1.807, 2.05) is 38.9 Å². The van der Waals surface area contributed by atoms with Gasteiger partial charge in [-0.15, -0.1) is 0 Å². The molecule has 2 amide bonds. The van der Waals surface area contributed by atoms with Gasteiger partial charge in [-0.05, 0) is 97.4 Å². The second kappa shape index (κ2) is 39.8. The lowest BCUT2D eigenvalue weighted by Crippen LogP contribution is -2.64. The molecular weight excluding hydrogens is 1180 g/mol. The molecule has 0 radical (unpaired) electrons. The number of esters is 1. The Morgan fingerprint density at radius 3 is 1.87 bits per heavy atom. The number of amides is 2. The maximum Gasteiger partial charge on any atom is 0.308 e. The number of anilines is 1. The number of Topliss-reactive ketones (excluding diaryl/α,β-unsaturated/α-hetero) is 2. The molecule has 24 heteroatoms. The molecule has 4 rings (SSSR count). The zero-order valence-electron chi connectivity index (χ0n) is 53.9. The van der Waals surface area contributed by atoms with E-state index in [1.165, 1.54) is 6.92 Å². The van der Waals surface area contributed by atoms with Crippen molar-refractivity contribution in [3.63, 3.8) is 0 Å². The number of likely N-dealkylation sites (N-methyl/N-ethyl adjacent to an activating group) is 2. The molecule has 1 aromatic rings. The quantitative estimate of drug-likeness (QED) is 0.0784. The summed E-state index contributed by atoms with van der Waals surface area (Å²) in [5.41, 5.74) is 1.30. The van der Waals surface area contributed by atoms with Crippen LogP contribution in [0.4, 0.5) is 5.69 Å². The Morgan fingerprint density at radius 1 is 0.703 bits per heavy atom. The van der Waals surface area contributed by atoms with Crippen LogP contribution in [0.25, 0.3) is 0 Å². The highest BCUT2D eigenvalue weighted by atomic mass is 16.7. The third-order valence-corrected chi connectivity index (χ3v) is 16.0. The molecule has 0 spiro atoms. The van der Waals surface area contributed by atoms with Gasteiger partial charge in [0.1, 0.15) is 24.1 Å². The molecule has 24 nitrogen and oxygen atoms in total. The predicted octanol–water partition coefficient (Wildman–Crippen LogP) is 2.06. The molecule has 19 atom stereocenters. The Balaban J connectivity index is 1.62. The number of rotatable bonds is 17. The van der Waals surface area contributed by atoms with Crippen LogP contribution in [0.5, 0.6) is 0 Å². The lowest BCUT2D eigenvalue weighted by Gasteiger charge is -2.46. The monoisotopic (exact) mass is 1280 g/mol. The number of nitrogens with one attached hydrogen (secondary N) is 3. The van der Waals surface area contributed by atoms with Crippen molar-refractivity contribution >= 4 is 35.0 Å². The van der Waals surface area contributed by atoms with E-state index in [0.717, 1.165) is 5.69 Å². The predicted molar refractivity (Wildman–Crippen MR) is 342 cm³/mol. The van der Waals surface area contributed by atoms with E-state index in [1.54, 1.807) is 129 Å². The summed E-state index contributed by atoms with van der Waals surface area (Å²) in [5, 5.41) is 121. The van der Waals surface area contributed by atoms with Gasteiger partial charge in [-0.25, -0.2) is 0 Å². The largest absolute Gasteiger partial charge is 0.461 e. The number of aliphatic hydroxyl groups excluding tert-OH is 9. The standard InChI is InChI=1S/C67H103N5O19/c1-42-21-19-17-15-13-11-9-10-12-14-16-18-20-22-54(89-66-63(85)61(62(84)44(3)88-66)70-58(82)41-72(7)8)38-57-60(65(86)69-29-30-71(5)6)56(81)40-67(87,91-57)39-53(79)35-51(77)33-49(75)31-48(74)32-50(76)34-52(78)37-59(83)90-64(42)43(2)23-28-47(73)36-55(80)45-24-26-46(68-4)27-25-45/h9-22,24-27,42-44,47-49,51-54,56-57,60-64,66,68,73-75,77-79,81,84-85,87H,23,28-41H2,1-8H3,(H,69,86)(H,70,82)/b10-9-,13-11-,14-12+,17-15+,18-16+,21-19+,22-20+/t42?,43-,44+,47?,48+,49-,51-,52+,53-,54-,56-,57-,60+,61-,62+,63-,64?,66-,67+/m0/s1. The normalized spacial score (nSPS) is 34.9. The smallest absolute Gasteiger partial charge is 0.308 e. The van der Waals surface area contributed by atoms with E-state index in [9.17, 15) is 75.0 Å². The molecule has 0 aliphatic carbocycles. The minimum atomic E-state index is -2.32. The summed E-state index contributed by atoms with van der Waals surface area (Å²) in [6.07, 6.45) is 2.19. The second-order valence-corrected chi connectivity index (χ2v) is 24.9. The zero-order chi connectivity index (χ0) is 67.4. The number of hydrogen-bond donors (Lipinski definition) is 13. The number of ether oxygens (including phenoxy) is 4. The van der Waals surface area contributed by atoms with Gasteiger partial charge in [0.25, 0.3) is 0 Å². The average molecular weight is 1280 g/mol. The van der Waals surface area contributed by atoms with Crippen LogP contribution in [0.1, 0.15) is 108 Å². The van der Waals surface area contributed by atoms with Gasteiger partial charge in [-0.1, -0.05) is 98.9 Å². The highest BCUT2D eigenvalue weighted by molar-refractivity contribution is 5.96. The topological polar surface area (TPSA) is 367 Å². The third kappa shape index (κ3) is 28.6. The molecule has 2 bridgehead atoms. The molecule has 0 saturated carbocycles. The minimum absolute atomic E-state index is 0.0513. The van der Waals surface area contributed by atoms with Gasteiger partial charge >= 0.3 is 5.97 Å². The van der Waals surface area contributed by atoms with Crippen LogP contribution in [0.2, 0.25) is 0 Å². The summed E-state index contributed by atoms with van der Waals surface area (Å²) in [7, 11) is 8.75. The van der Waals surface area contributed by atoms with Gasteiger partial charge in [-0.3, -0.25) is 24.0 Å². The first-order valence-corrected chi connectivity index (χ1v) is 31.5. The molecule has 2 saturated heterocycles. The van der Waals surface area contributed by atoms with Gasteiger partial charge in [0.05, 0.1) is 86.0 Å². The Bertz CT molecular complexity index is 2610. The van der Waals surface area contributed by atoms with Crippen LogP contribution in [-0.2, 0) is 38.1 Å². The summed E-state index contributed by atoms with van der Waals surface area (Å²) in [6.45, 7) is 5.81. The van der Waals surface area contributed by atoms with Crippen molar-refractivity contribution in [3.05, 3.63) is 115 Å². The van der Waals surface area contributed by atoms with Crippen LogP contribution in [-0.4, -0.2) is 243 Å². The molecule has 13 N–H and O–H groups in total. The number of nitrogens with zero attached hydrogens (tertiary/aromatic N) is 2. The summed E-state index contributed by atoms with van der Waals surface area (Å²) < 4.78 is 24.6. The number of cyclic esters (lactones) is 1. The van der Waals surface area contributed by atoms with Crippen LogP contribution >= 0.6 is 0 Å². The molecule has 3 aliphatic heterocycles. The fourth-order valence-electron chi connectivity index (χ4n) is 11.3. The number of carbonyl (C=O) groups is 5. The summed E-state index contributed by atoms with van der Waals surface area (Å²) >= 11 is 0. The molecule has 510 valence electrons. The van der Waals surface area contributed by atoms with Crippen molar-refractivity contribution in [1.29, 1.82) is 0 Å². The summed E-state index contributed by atoms with van der Waals surface area (Å²) in [5.74, 6) is -7.10. The first-order valence-electron chi connectivity index (χ1n) is 31.5. The molecule has 2 fully saturated rings. The molecule has 1 aromatic carbocycles. The fraction of sp³-hybridized carbons (Fsp3) is 0.627. The maximum atomic E-state index is 14.0. The zero-order valence-corrected chi connectivity index (χ0v) is 53.9. The minimum Gasteiger partial charge on any atom is -0.461 e. The Hall–Kier alpha value is -5.65. The molecular formula is C67H103N5O19. The van der Waals surface area contributed by atoms with Crippen molar-refractivity contribution in [3.8, 4) is 0 Å². The molecule has 0 aromatic heterocycles. The number of carbonyl (C=O) groups excluding carboxylic acids is 5. The van der Waals surface area contributed by atoms with E-state index in [2.05, 4.69) is 16.0 Å². The van der Waals surface area contributed by atoms with Crippen LogP contribution in [0.15, 0.2) is 109 Å². The van der Waals surface area contributed by atoms with Crippen molar-refractivity contribution in [2.75, 3.05) is 60.2 Å². The number of hydrogen-bond acceptors (Lipinski definition) is 22. The molecule has 3 aliphatic rings. The van der Waals surface area contributed by atoms with Crippen LogP contribution < -0.4 is 16.0 Å². The van der Waals surface area contributed by atoms with Gasteiger partial charge in [0.2, 0.25) is 11.8 Å². The van der Waals surface area contributed by atoms with E-state index in [0.29, 0.717) is 18.5 Å². The Kier molecular flexibility index (Phi) is 34.0. The van der Waals surface area contributed by atoms with E-state index in [-0.39, 0.29) is 50.0 Å². The number of aliphatic hydroxyl groups is 10. The molecule has 3 heterocycles. The number of benzene rings is 1. The van der Waals surface area contributed by atoms with E-state index in [4.69, 9.17) is 18.9 Å². The fourth-order valence-corrected chi connectivity index (χ4v) is 11.3. The third-order valence-electron chi connectivity index (χ3n) is 16.0. The highest BCUT2D eigenvalue weighted by Gasteiger charge is 2.51. The van der Waals surface area contributed by atoms with E-state index < -0.39 is 178 Å². The van der Waals surface area contributed by atoms with Gasteiger partial charge in [0, 0.05) is 75.8 Å². The van der Waals surface area contributed by atoms with Gasteiger partial charge in [-0.2, -0.15) is 0 Å². The molecule has 91 heavy (non-hydrogen) atoms. The first-order chi connectivity index (χ1) is 43.1. The molecule has 3 unspecified atom stereocenters. The second-order valence-electron chi connectivity index (χ2n) is 24.9. The summed E-state index contributed by atoms with van der Waals surface area (Å²) in [6, 6.07) is 5.68. The number of allylic oxidation sites excluding steroid dienone is 12.